The van der Waals surface area contributed by atoms with E-state index in [1.54, 1.807) is 0 Å². The number of carbonyl (C=O) groups is 1. The molecule has 0 unspecified atom stereocenters. The van der Waals surface area contributed by atoms with Crippen molar-refractivity contribution in [2.75, 3.05) is 6.54 Å². The van der Waals surface area contributed by atoms with Gasteiger partial charge in [0.15, 0.2) is 0 Å². The molecular weight excluding hydrogens is 266 g/mol. The van der Waals surface area contributed by atoms with Crippen molar-refractivity contribution in [3.63, 3.8) is 0 Å². The maximum absolute atomic E-state index is 11.7. The van der Waals surface area contributed by atoms with Crippen LogP contribution in [-0.2, 0) is 4.79 Å². The molecule has 0 bridgehead atoms. The lowest BCUT2D eigenvalue weighted by Crippen LogP contribution is -2.32. The Bertz CT molecular complexity index is 506. The molecule has 4 heteroatoms. The first-order valence-corrected chi connectivity index (χ1v) is 7.15. The van der Waals surface area contributed by atoms with Gasteiger partial charge in [-0.2, -0.15) is 0 Å². The fourth-order valence-electron chi connectivity index (χ4n) is 2.52. The second-order valence-corrected chi connectivity index (χ2v) is 5.92. The zero-order valence-electron chi connectivity index (χ0n) is 12.9. The summed E-state index contributed by atoms with van der Waals surface area (Å²) in [4.78, 5) is 22.3. The molecule has 4 nitrogen and oxygen atoms in total. The van der Waals surface area contributed by atoms with Gasteiger partial charge < -0.3 is 4.79 Å². The molecule has 1 rings (SSSR count). The minimum Gasteiger partial charge on any atom is -0.303 e. The van der Waals surface area contributed by atoms with Crippen LogP contribution in [0.1, 0.15) is 45.1 Å². The van der Waals surface area contributed by atoms with E-state index in [1.165, 1.54) is 5.57 Å². The molecule has 1 aromatic rings. The van der Waals surface area contributed by atoms with Gasteiger partial charge in [-0.25, -0.2) is 0 Å². The van der Waals surface area contributed by atoms with Gasteiger partial charge in [-0.05, 0) is 32.3 Å². The van der Waals surface area contributed by atoms with Gasteiger partial charge in [-0.1, -0.05) is 48.9 Å². The van der Waals surface area contributed by atoms with Gasteiger partial charge in [0.05, 0.1) is 5.92 Å². The summed E-state index contributed by atoms with van der Waals surface area (Å²) in [6.45, 7) is 5.60. The smallest absolute Gasteiger partial charge is 0.211 e. The van der Waals surface area contributed by atoms with Gasteiger partial charge in [-0.3, -0.25) is 10.1 Å². The first-order valence-electron chi connectivity index (χ1n) is 7.15. The summed E-state index contributed by atoms with van der Waals surface area (Å²) in [5.74, 6) is -0.406. The second kappa shape index (κ2) is 7.72. The van der Waals surface area contributed by atoms with E-state index in [4.69, 9.17) is 0 Å². The largest absolute Gasteiger partial charge is 0.303 e. The van der Waals surface area contributed by atoms with Crippen LogP contribution in [0.15, 0.2) is 42.0 Å². The lowest BCUT2D eigenvalue weighted by molar-refractivity contribution is -0.485. The second-order valence-electron chi connectivity index (χ2n) is 5.92. The molecule has 114 valence electrons. The molecule has 0 amide bonds. The topological polar surface area (TPSA) is 60.2 Å². The lowest BCUT2D eigenvalue weighted by Gasteiger charge is -2.30. The summed E-state index contributed by atoms with van der Waals surface area (Å²) < 4.78 is 0. The normalized spacial score (nSPS) is 14.8. The van der Waals surface area contributed by atoms with Gasteiger partial charge >= 0.3 is 0 Å². The molecule has 0 spiro atoms. The monoisotopic (exact) mass is 289 g/mol. The number of rotatable bonds is 8. The highest BCUT2D eigenvalue weighted by molar-refractivity contribution is 5.61. The predicted octanol–water partition coefficient (Wildman–Crippen LogP) is 4.00. The quantitative estimate of drug-likeness (QED) is 0.314. The third-order valence-electron chi connectivity index (χ3n) is 3.83. The van der Waals surface area contributed by atoms with Gasteiger partial charge in [0.1, 0.15) is 6.29 Å². The molecule has 2 atom stereocenters. The Morgan fingerprint density at radius 1 is 1.33 bits per heavy atom. The van der Waals surface area contributed by atoms with Crippen molar-refractivity contribution in [3.8, 4) is 0 Å². The Morgan fingerprint density at radius 2 is 1.95 bits per heavy atom. The van der Waals surface area contributed by atoms with Crippen LogP contribution in [0.4, 0.5) is 0 Å². The van der Waals surface area contributed by atoms with Crippen molar-refractivity contribution in [2.45, 2.75) is 39.5 Å². The van der Waals surface area contributed by atoms with E-state index < -0.39 is 11.3 Å². The average Bonchev–Trinajstić information content (AvgIpc) is 2.45. The van der Waals surface area contributed by atoms with E-state index in [0.29, 0.717) is 6.42 Å². The number of nitrogens with zero attached hydrogens (tertiary/aromatic N) is 1. The highest BCUT2D eigenvalue weighted by Crippen LogP contribution is 2.38. The lowest BCUT2D eigenvalue weighted by atomic mass is 9.71. The molecule has 0 fully saturated rings. The number of hydrogen-bond donors (Lipinski definition) is 0. The molecule has 0 saturated heterocycles. The fourth-order valence-corrected chi connectivity index (χ4v) is 2.52. The van der Waals surface area contributed by atoms with Crippen LogP contribution in [0.5, 0.6) is 0 Å². The number of carbonyl (C=O) groups excluding carboxylic acids is 1. The number of aldehydes is 1. The van der Waals surface area contributed by atoms with Crippen LogP contribution in [-0.4, -0.2) is 17.8 Å². The van der Waals surface area contributed by atoms with Crippen LogP contribution < -0.4 is 0 Å². The fraction of sp³-hybridized carbons (Fsp3) is 0.471. The molecule has 0 saturated carbocycles. The summed E-state index contributed by atoms with van der Waals surface area (Å²) in [5.41, 5.74) is 1.30. The van der Waals surface area contributed by atoms with Crippen molar-refractivity contribution in [3.05, 3.63) is 57.7 Å². The van der Waals surface area contributed by atoms with Crippen LogP contribution in [0.25, 0.3) is 0 Å². The molecule has 0 aliphatic rings. The number of allylic oxidation sites excluding steroid dienone is 2. The number of hydrogen-bond acceptors (Lipinski definition) is 3. The van der Waals surface area contributed by atoms with E-state index >= 15 is 0 Å². The zero-order chi connectivity index (χ0) is 15.9. The zero-order valence-corrected chi connectivity index (χ0v) is 12.9. The van der Waals surface area contributed by atoms with Gasteiger partial charge in [0.2, 0.25) is 6.54 Å². The Kier molecular flexibility index (Phi) is 6.28. The summed E-state index contributed by atoms with van der Waals surface area (Å²) in [7, 11) is 0. The van der Waals surface area contributed by atoms with Crippen molar-refractivity contribution in [2.24, 2.45) is 5.41 Å². The van der Waals surface area contributed by atoms with E-state index in [2.05, 4.69) is 6.08 Å². The van der Waals surface area contributed by atoms with Crippen LogP contribution >= 0.6 is 0 Å². The Hall–Kier alpha value is -1.97. The summed E-state index contributed by atoms with van der Waals surface area (Å²) in [6, 6.07) is 9.29. The molecule has 0 aliphatic heterocycles. The first-order chi connectivity index (χ1) is 9.89. The van der Waals surface area contributed by atoms with Gasteiger partial charge in [-0.15, -0.1) is 0 Å². The van der Waals surface area contributed by atoms with Crippen LogP contribution in [0.2, 0.25) is 0 Å². The van der Waals surface area contributed by atoms with Crippen molar-refractivity contribution >= 4 is 6.29 Å². The standard InChI is InChI=1S/C17H23NO3/c1-14(2)8-7-11-17(3,13-19)16(12-18(20)21)15-9-5-4-6-10-15/h4-6,8-10,13,16H,7,11-12H2,1-3H3/t16-,17+/m0/s1. The van der Waals surface area contributed by atoms with Crippen LogP contribution in [0, 0.1) is 15.5 Å². The van der Waals surface area contributed by atoms with E-state index in [1.807, 2.05) is 51.1 Å². The van der Waals surface area contributed by atoms with Gasteiger partial charge in [0, 0.05) is 10.3 Å². The average molecular weight is 289 g/mol. The highest BCUT2D eigenvalue weighted by Gasteiger charge is 2.38. The number of benzene rings is 1. The molecular formula is C17H23NO3. The molecule has 0 N–H and O–H groups in total. The summed E-state index contributed by atoms with van der Waals surface area (Å²) >= 11 is 0. The molecule has 0 aliphatic carbocycles. The Morgan fingerprint density at radius 3 is 2.43 bits per heavy atom. The summed E-state index contributed by atoms with van der Waals surface area (Å²) in [6.07, 6.45) is 4.30. The SMILES string of the molecule is CC(C)=CCC[C@](C)(C=O)[C@@H](C[N+](=O)[O-])c1ccccc1. The minimum atomic E-state index is -0.736. The van der Waals surface area contributed by atoms with Crippen LogP contribution in [0.3, 0.4) is 0 Å². The minimum absolute atomic E-state index is 0.228. The summed E-state index contributed by atoms with van der Waals surface area (Å²) in [5, 5.41) is 11.0. The molecule has 0 aromatic heterocycles. The molecule has 1 aromatic carbocycles. The Labute approximate surface area is 126 Å². The van der Waals surface area contributed by atoms with Crippen molar-refractivity contribution in [1.29, 1.82) is 0 Å². The molecule has 0 heterocycles. The third kappa shape index (κ3) is 5.14. The third-order valence-corrected chi connectivity index (χ3v) is 3.83. The maximum Gasteiger partial charge on any atom is 0.211 e. The maximum atomic E-state index is 11.7. The van der Waals surface area contributed by atoms with E-state index in [0.717, 1.165) is 18.3 Å². The Balaban J connectivity index is 3.05. The van der Waals surface area contributed by atoms with Crippen molar-refractivity contribution < 1.29 is 9.72 Å². The van der Waals surface area contributed by atoms with Gasteiger partial charge in [0.25, 0.3) is 0 Å². The predicted molar refractivity (Wildman–Crippen MR) is 83.9 cm³/mol. The molecule has 0 radical (unpaired) electrons. The van der Waals surface area contributed by atoms with E-state index in [-0.39, 0.29) is 11.5 Å². The first kappa shape index (κ1) is 17.1. The van der Waals surface area contributed by atoms with E-state index in [9.17, 15) is 14.9 Å². The molecule has 21 heavy (non-hydrogen) atoms. The van der Waals surface area contributed by atoms with Crippen molar-refractivity contribution in [1.82, 2.24) is 0 Å². The number of nitro groups is 1. The highest BCUT2D eigenvalue weighted by atomic mass is 16.6.